The van der Waals surface area contributed by atoms with Gasteiger partial charge in [0.1, 0.15) is 11.6 Å². The second kappa shape index (κ2) is 14.7. The van der Waals surface area contributed by atoms with Gasteiger partial charge in [-0.3, -0.25) is 9.69 Å². The molecule has 1 fully saturated rings. The number of benzene rings is 3. The number of likely N-dealkylation sites (tertiary alicyclic amines) is 1. The second-order valence-corrected chi connectivity index (χ2v) is 13.2. The van der Waals surface area contributed by atoms with Crippen molar-refractivity contribution in [2.24, 2.45) is 11.1 Å². The molecular weight excluding hydrogens is 628 g/mol. The Morgan fingerprint density at radius 3 is 2.28 bits per heavy atom. The van der Waals surface area contributed by atoms with Crippen LogP contribution in [0.3, 0.4) is 0 Å². The molecule has 1 amide bonds. The quantitative estimate of drug-likeness (QED) is 0.191. The topological polar surface area (TPSA) is 93.9 Å². The Hall–Kier alpha value is -3.17. The third kappa shape index (κ3) is 6.63. The monoisotopic (exact) mass is 671 g/mol. The Kier molecular flexibility index (Phi) is 11.4. The lowest BCUT2D eigenvalue weighted by Gasteiger charge is -2.44. The maximum absolute atomic E-state index is 16.3. The Balaban J connectivity index is 1.99. The molecule has 4 atom stereocenters. The summed E-state index contributed by atoms with van der Waals surface area (Å²) in [6.45, 7) is 9.12. The predicted molar refractivity (Wildman–Crippen MR) is 183 cm³/mol. The van der Waals surface area contributed by atoms with Crippen LogP contribution in [-0.4, -0.2) is 56.2 Å². The van der Waals surface area contributed by atoms with E-state index in [4.69, 9.17) is 38.4 Å². The molecule has 4 rings (SSSR count). The van der Waals surface area contributed by atoms with Gasteiger partial charge < -0.3 is 20.5 Å². The van der Waals surface area contributed by atoms with Gasteiger partial charge in [0.15, 0.2) is 0 Å². The fourth-order valence-corrected chi connectivity index (χ4v) is 7.56. The number of esters is 1. The van der Waals surface area contributed by atoms with Crippen molar-refractivity contribution in [2.75, 3.05) is 32.6 Å². The van der Waals surface area contributed by atoms with Gasteiger partial charge in [0.25, 0.3) is 0 Å². The van der Waals surface area contributed by atoms with Crippen LogP contribution in [0.25, 0.3) is 0 Å². The molecule has 7 nitrogen and oxygen atoms in total. The molecule has 0 saturated carbocycles. The first-order chi connectivity index (χ1) is 21.9. The van der Waals surface area contributed by atoms with Crippen molar-refractivity contribution >= 4 is 40.8 Å². The summed E-state index contributed by atoms with van der Waals surface area (Å²) in [6, 6.07) is 15.7. The van der Waals surface area contributed by atoms with Crippen molar-refractivity contribution in [3.63, 3.8) is 0 Å². The van der Waals surface area contributed by atoms with E-state index in [2.05, 4.69) is 31.0 Å². The van der Waals surface area contributed by atoms with E-state index in [0.717, 1.165) is 18.4 Å². The third-order valence-corrected chi connectivity index (χ3v) is 10.6. The molecule has 1 aliphatic rings. The first-order valence-electron chi connectivity index (χ1n) is 15.7. The summed E-state index contributed by atoms with van der Waals surface area (Å²) in [4.78, 5) is 29.1. The van der Waals surface area contributed by atoms with Gasteiger partial charge in [-0.15, -0.1) is 0 Å². The van der Waals surface area contributed by atoms with Gasteiger partial charge in [-0.05, 0) is 72.0 Å². The molecule has 248 valence electrons. The molecule has 0 aromatic heterocycles. The smallest absolute Gasteiger partial charge is 0.337 e. The Morgan fingerprint density at radius 1 is 1.02 bits per heavy atom. The van der Waals surface area contributed by atoms with Crippen LogP contribution in [0.15, 0.2) is 60.7 Å². The highest BCUT2D eigenvalue weighted by atomic mass is 35.5. The minimum atomic E-state index is -1.04. The molecule has 3 aromatic rings. The average Bonchev–Trinajstić information content (AvgIpc) is 3.33. The number of nitrogens with two attached hydrogens (primary N) is 1. The summed E-state index contributed by atoms with van der Waals surface area (Å²) in [5, 5.41) is 3.84. The molecule has 46 heavy (non-hydrogen) atoms. The summed E-state index contributed by atoms with van der Waals surface area (Å²) in [5.41, 5.74) is 7.55. The fourth-order valence-electron chi connectivity index (χ4n) is 7.21. The maximum Gasteiger partial charge on any atom is 0.337 e. The molecule has 10 heteroatoms. The maximum atomic E-state index is 16.3. The molecule has 0 aliphatic carbocycles. The third-order valence-electron chi connectivity index (χ3n) is 10.1. The number of nitrogens with zero attached hydrogens (tertiary/aromatic N) is 1. The van der Waals surface area contributed by atoms with Crippen molar-refractivity contribution in [1.29, 1.82) is 0 Å². The Labute approximate surface area is 281 Å². The number of ether oxygens (including phenoxy) is 2. The van der Waals surface area contributed by atoms with Gasteiger partial charge in [0, 0.05) is 34.0 Å². The van der Waals surface area contributed by atoms with E-state index in [1.165, 1.54) is 26.4 Å². The van der Waals surface area contributed by atoms with Gasteiger partial charge >= 0.3 is 5.97 Å². The summed E-state index contributed by atoms with van der Waals surface area (Å²) in [6.07, 6.45) is 2.46. The molecule has 0 bridgehead atoms. The number of carbonyl (C=O) groups is 2. The van der Waals surface area contributed by atoms with Crippen LogP contribution in [-0.2, 0) is 14.9 Å². The Bertz CT molecular complexity index is 1570. The SMILES string of the molecule is CCN1[C@@H](CC(C)(CC)CC)[C@](CN)(c2ccc(Cl)cc2F)[C@@H](c2cccc(Cl)c2)[C@@H]1C(=O)Nc1ccc(C(=O)OC)cc1OC. The zero-order chi connectivity index (χ0) is 33.8. The number of methoxy groups -OCH3 is 2. The summed E-state index contributed by atoms with van der Waals surface area (Å²) in [7, 11) is 2.76. The summed E-state index contributed by atoms with van der Waals surface area (Å²) < 4.78 is 26.7. The summed E-state index contributed by atoms with van der Waals surface area (Å²) in [5.74, 6) is -1.62. The average molecular weight is 673 g/mol. The molecule has 3 N–H and O–H groups in total. The van der Waals surface area contributed by atoms with E-state index in [1.54, 1.807) is 30.3 Å². The number of carbonyl (C=O) groups excluding carboxylic acids is 2. The number of likely N-dealkylation sites (N-methyl/N-ethyl adjacent to an activating group) is 1. The first kappa shape index (κ1) is 35.7. The highest BCUT2D eigenvalue weighted by Gasteiger charge is 2.62. The van der Waals surface area contributed by atoms with E-state index < -0.39 is 29.2 Å². The lowest BCUT2D eigenvalue weighted by atomic mass is 9.61. The van der Waals surface area contributed by atoms with Gasteiger partial charge in [0.05, 0.1) is 31.5 Å². The molecular formula is C36H44Cl2FN3O4. The van der Waals surface area contributed by atoms with Gasteiger partial charge in [-0.1, -0.05) is 81.9 Å². The van der Waals surface area contributed by atoms with Crippen molar-refractivity contribution in [1.82, 2.24) is 4.90 Å². The lowest BCUT2D eigenvalue weighted by Crippen LogP contribution is -2.52. The van der Waals surface area contributed by atoms with Gasteiger partial charge in [-0.2, -0.15) is 0 Å². The van der Waals surface area contributed by atoms with E-state index >= 15 is 4.39 Å². The highest BCUT2D eigenvalue weighted by Crippen LogP contribution is 2.56. The number of amides is 1. The minimum Gasteiger partial charge on any atom is -0.495 e. The molecule has 0 spiro atoms. The van der Waals surface area contributed by atoms with Crippen LogP contribution in [0.1, 0.15) is 74.4 Å². The molecule has 3 aromatic carbocycles. The van der Waals surface area contributed by atoms with Gasteiger partial charge in [-0.25, -0.2) is 9.18 Å². The number of halogens is 3. The van der Waals surface area contributed by atoms with Gasteiger partial charge in [0.2, 0.25) is 5.91 Å². The van der Waals surface area contributed by atoms with Crippen LogP contribution >= 0.6 is 23.2 Å². The van der Waals surface area contributed by atoms with Crippen molar-refractivity contribution in [2.45, 2.75) is 70.4 Å². The number of hydrogen-bond donors (Lipinski definition) is 2. The van der Waals surface area contributed by atoms with Crippen molar-refractivity contribution < 1.29 is 23.5 Å². The standard InChI is InChI=1S/C36H44Cl2FN3O4/c1-7-35(4,8-2)20-30-36(21-40,26-15-14-25(38)19-27(26)39)31(22-11-10-12-24(37)17-22)32(42(30)9-3)33(43)41-28-16-13-23(34(44)46-6)18-29(28)45-5/h10-19,30-32H,7-9,20-21,40H2,1-6H3,(H,41,43)/t30-,31-,32+,36-/m0/s1. The van der Waals surface area contributed by atoms with E-state index in [-0.39, 0.29) is 34.5 Å². The molecule has 1 aliphatic heterocycles. The first-order valence-corrected chi connectivity index (χ1v) is 16.4. The van der Waals surface area contributed by atoms with Crippen LogP contribution < -0.4 is 15.8 Å². The highest BCUT2D eigenvalue weighted by molar-refractivity contribution is 6.30. The van der Waals surface area contributed by atoms with Crippen LogP contribution in [0, 0.1) is 11.2 Å². The Morgan fingerprint density at radius 2 is 1.72 bits per heavy atom. The van der Waals surface area contributed by atoms with E-state index in [1.807, 2.05) is 25.1 Å². The largest absolute Gasteiger partial charge is 0.495 e. The molecule has 0 radical (unpaired) electrons. The minimum absolute atomic E-state index is 0.0638. The van der Waals surface area contributed by atoms with Crippen LogP contribution in [0.4, 0.5) is 10.1 Å². The van der Waals surface area contributed by atoms with Crippen molar-refractivity contribution in [3.05, 3.63) is 93.2 Å². The number of nitrogens with one attached hydrogen (secondary N) is 1. The second-order valence-electron chi connectivity index (χ2n) is 12.3. The lowest BCUT2D eigenvalue weighted by molar-refractivity contribution is -0.121. The zero-order valence-corrected chi connectivity index (χ0v) is 28.8. The molecule has 1 heterocycles. The fraction of sp³-hybridized carbons (Fsp3) is 0.444. The zero-order valence-electron chi connectivity index (χ0n) is 27.3. The van der Waals surface area contributed by atoms with Crippen LogP contribution in [0.5, 0.6) is 5.75 Å². The number of rotatable bonds is 12. The normalized spacial score (nSPS) is 21.7. The van der Waals surface area contributed by atoms with Crippen molar-refractivity contribution in [3.8, 4) is 5.75 Å². The van der Waals surface area contributed by atoms with E-state index in [9.17, 15) is 9.59 Å². The predicted octanol–water partition coefficient (Wildman–Crippen LogP) is 7.84. The number of anilines is 1. The number of hydrogen-bond acceptors (Lipinski definition) is 6. The van der Waals surface area contributed by atoms with Crippen LogP contribution in [0.2, 0.25) is 10.0 Å². The van der Waals surface area contributed by atoms with E-state index in [0.29, 0.717) is 35.0 Å². The summed E-state index contributed by atoms with van der Waals surface area (Å²) >= 11 is 12.8. The molecule has 0 unspecified atom stereocenters. The molecule has 1 saturated heterocycles.